The van der Waals surface area contributed by atoms with Gasteiger partial charge in [0.1, 0.15) is 11.5 Å². The van der Waals surface area contributed by atoms with E-state index in [2.05, 4.69) is 10.6 Å². The number of carbonyl (C=O) groups excluding carboxylic acids is 2. The Balaban J connectivity index is 1.69. The third-order valence-corrected chi connectivity index (χ3v) is 4.77. The van der Waals surface area contributed by atoms with E-state index in [1.165, 1.54) is 0 Å². The van der Waals surface area contributed by atoms with Crippen LogP contribution in [0.25, 0.3) is 0 Å². The average Bonchev–Trinajstić information content (AvgIpc) is 3.14. The Bertz CT molecular complexity index is 796. The van der Waals surface area contributed by atoms with Gasteiger partial charge in [0.15, 0.2) is 0 Å². The third-order valence-electron chi connectivity index (χ3n) is 4.77. The molecule has 3 rings (SSSR count). The van der Waals surface area contributed by atoms with Crippen molar-refractivity contribution in [1.29, 1.82) is 0 Å². The van der Waals surface area contributed by atoms with E-state index in [1.807, 2.05) is 6.92 Å². The lowest BCUT2D eigenvalue weighted by atomic mass is 9.93. The number of anilines is 1. The second-order valence-corrected chi connectivity index (χ2v) is 6.41. The topological polar surface area (TPSA) is 93.4 Å². The molecule has 0 radical (unpaired) electrons. The van der Waals surface area contributed by atoms with Crippen LogP contribution in [0.1, 0.15) is 36.5 Å². The summed E-state index contributed by atoms with van der Waals surface area (Å²) in [7, 11) is 0. The highest BCUT2D eigenvalue weighted by molar-refractivity contribution is 5.98. The standard InChI is InChI=1S/C20H23N3O3/c1-2-20(12-5-13-22-20)19(25)23-14-8-10-15(11-9-14)26-17-7-4-3-6-16(17)18(21)24/h3-4,6-11,22H,2,5,12-13H2,1H3,(H2,21,24)(H,23,25). The summed E-state index contributed by atoms with van der Waals surface area (Å²) in [6.45, 7) is 2.89. The molecule has 26 heavy (non-hydrogen) atoms. The minimum absolute atomic E-state index is 0.00903. The quantitative estimate of drug-likeness (QED) is 0.744. The Kier molecular flexibility index (Phi) is 5.23. The molecule has 4 N–H and O–H groups in total. The van der Waals surface area contributed by atoms with Gasteiger partial charge in [0.2, 0.25) is 5.91 Å². The molecule has 0 spiro atoms. The number of benzene rings is 2. The Morgan fingerprint density at radius 2 is 1.92 bits per heavy atom. The first-order chi connectivity index (χ1) is 12.5. The van der Waals surface area contributed by atoms with Crippen molar-refractivity contribution in [3.63, 3.8) is 0 Å². The lowest BCUT2D eigenvalue weighted by Gasteiger charge is -2.26. The predicted octanol–water partition coefficient (Wildman–Crippen LogP) is 3.05. The van der Waals surface area contributed by atoms with Gasteiger partial charge in [-0.2, -0.15) is 0 Å². The molecule has 2 aromatic rings. The second kappa shape index (κ2) is 7.58. The van der Waals surface area contributed by atoms with Crippen LogP contribution in [0.2, 0.25) is 0 Å². The van der Waals surface area contributed by atoms with Gasteiger partial charge in [-0.3, -0.25) is 9.59 Å². The van der Waals surface area contributed by atoms with E-state index in [0.29, 0.717) is 22.7 Å². The van der Waals surface area contributed by atoms with Crippen LogP contribution < -0.4 is 21.1 Å². The maximum Gasteiger partial charge on any atom is 0.252 e. The molecule has 0 aliphatic carbocycles. The monoisotopic (exact) mass is 353 g/mol. The second-order valence-electron chi connectivity index (χ2n) is 6.41. The minimum atomic E-state index is -0.543. The highest BCUT2D eigenvalue weighted by Gasteiger charge is 2.38. The zero-order chi connectivity index (χ0) is 18.6. The molecule has 136 valence electrons. The number of nitrogens with two attached hydrogens (primary N) is 1. The highest BCUT2D eigenvalue weighted by atomic mass is 16.5. The van der Waals surface area contributed by atoms with Gasteiger partial charge in [0.25, 0.3) is 5.91 Å². The van der Waals surface area contributed by atoms with Crippen LogP contribution >= 0.6 is 0 Å². The molecule has 1 heterocycles. The van der Waals surface area contributed by atoms with Crippen molar-refractivity contribution in [2.24, 2.45) is 5.73 Å². The molecule has 1 aliphatic rings. The molecule has 0 bridgehead atoms. The Hall–Kier alpha value is -2.86. The summed E-state index contributed by atoms with van der Waals surface area (Å²) in [6.07, 6.45) is 2.61. The van der Waals surface area contributed by atoms with Gasteiger partial charge in [-0.1, -0.05) is 19.1 Å². The van der Waals surface area contributed by atoms with Gasteiger partial charge >= 0.3 is 0 Å². The molecule has 1 saturated heterocycles. The van der Waals surface area contributed by atoms with Crippen molar-refractivity contribution in [3.8, 4) is 11.5 Å². The number of hydrogen-bond donors (Lipinski definition) is 3. The number of hydrogen-bond acceptors (Lipinski definition) is 4. The van der Waals surface area contributed by atoms with Gasteiger partial charge in [0.05, 0.1) is 11.1 Å². The van der Waals surface area contributed by atoms with E-state index < -0.39 is 11.4 Å². The number of nitrogens with one attached hydrogen (secondary N) is 2. The van der Waals surface area contributed by atoms with Crippen molar-refractivity contribution in [2.75, 3.05) is 11.9 Å². The number of para-hydroxylation sites is 1. The molecule has 6 nitrogen and oxygen atoms in total. The summed E-state index contributed by atoms with van der Waals surface area (Å²) in [5, 5.41) is 6.29. The fourth-order valence-corrected chi connectivity index (χ4v) is 3.21. The van der Waals surface area contributed by atoms with E-state index >= 15 is 0 Å². The summed E-state index contributed by atoms with van der Waals surface area (Å²) in [5.41, 5.74) is 5.91. The van der Waals surface area contributed by atoms with Crippen LogP contribution in [0.4, 0.5) is 5.69 Å². The maximum absolute atomic E-state index is 12.6. The number of primary amides is 1. The molecular weight excluding hydrogens is 330 g/mol. The predicted molar refractivity (Wildman–Crippen MR) is 100 cm³/mol. The Morgan fingerprint density at radius 3 is 2.54 bits per heavy atom. The first-order valence-electron chi connectivity index (χ1n) is 8.77. The fraction of sp³-hybridized carbons (Fsp3) is 0.300. The molecule has 1 aliphatic heterocycles. The van der Waals surface area contributed by atoms with Crippen LogP contribution in [0.3, 0.4) is 0 Å². The van der Waals surface area contributed by atoms with Crippen LogP contribution in [0, 0.1) is 0 Å². The van der Waals surface area contributed by atoms with Gasteiger partial charge in [-0.05, 0) is 62.2 Å². The zero-order valence-electron chi connectivity index (χ0n) is 14.7. The van der Waals surface area contributed by atoms with E-state index in [4.69, 9.17) is 10.5 Å². The summed E-state index contributed by atoms with van der Waals surface area (Å²) in [5.74, 6) is 0.404. The number of ether oxygens (including phenoxy) is 1. The van der Waals surface area contributed by atoms with Crippen LogP contribution in [0.5, 0.6) is 11.5 Å². The smallest absolute Gasteiger partial charge is 0.252 e. The number of amides is 2. The van der Waals surface area contributed by atoms with Crippen molar-refractivity contribution < 1.29 is 14.3 Å². The number of rotatable bonds is 6. The van der Waals surface area contributed by atoms with Crippen LogP contribution in [0.15, 0.2) is 48.5 Å². The van der Waals surface area contributed by atoms with E-state index in [9.17, 15) is 9.59 Å². The Labute approximate surface area is 152 Å². The molecule has 1 unspecified atom stereocenters. The Morgan fingerprint density at radius 1 is 1.19 bits per heavy atom. The summed E-state index contributed by atoms with van der Waals surface area (Å²) >= 11 is 0. The lowest BCUT2D eigenvalue weighted by Crippen LogP contribution is -2.50. The average molecular weight is 353 g/mol. The molecule has 1 atom stereocenters. The first-order valence-corrected chi connectivity index (χ1v) is 8.77. The molecule has 6 heteroatoms. The van der Waals surface area contributed by atoms with Crippen LogP contribution in [-0.2, 0) is 4.79 Å². The molecular formula is C20H23N3O3. The summed E-state index contributed by atoms with van der Waals surface area (Å²) in [4.78, 5) is 24.1. The van der Waals surface area contributed by atoms with E-state index in [-0.39, 0.29) is 5.91 Å². The zero-order valence-corrected chi connectivity index (χ0v) is 14.7. The third kappa shape index (κ3) is 3.70. The first kappa shape index (κ1) is 17.9. The molecule has 2 aromatic carbocycles. The maximum atomic E-state index is 12.6. The van der Waals surface area contributed by atoms with Gasteiger partial charge in [0, 0.05) is 5.69 Å². The largest absolute Gasteiger partial charge is 0.457 e. The van der Waals surface area contributed by atoms with Gasteiger partial charge < -0.3 is 21.1 Å². The van der Waals surface area contributed by atoms with Gasteiger partial charge in [-0.25, -0.2) is 0 Å². The minimum Gasteiger partial charge on any atom is -0.457 e. The SMILES string of the molecule is CCC1(C(=O)Nc2ccc(Oc3ccccc3C(N)=O)cc2)CCCN1. The molecule has 1 fully saturated rings. The van der Waals surface area contributed by atoms with Gasteiger partial charge in [-0.15, -0.1) is 0 Å². The van der Waals surface area contributed by atoms with E-state index in [0.717, 1.165) is 25.8 Å². The summed E-state index contributed by atoms with van der Waals surface area (Å²) < 4.78 is 5.75. The van der Waals surface area contributed by atoms with Crippen molar-refractivity contribution in [2.45, 2.75) is 31.7 Å². The van der Waals surface area contributed by atoms with Crippen LogP contribution in [-0.4, -0.2) is 23.9 Å². The fourth-order valence-electron chi connectivity index (χ4n) is 3.21. The van der Waals surface area contributed by atoms with Crippen molar-refractivity contribution in [3.05, 3.63) is 54.1 Å². The summed E-state index contributed by atoms with van der Waals surface area (Å²) in [6, 6.07) is 13.8. The highest BCUT2D eigenvalue weighted by Crippen LogP contribution is 2.28. The van der Waals surface area contributed by atoms with Crippen molar-refractivity contribution >= 4 is 17.5 Å². The van der Waals surface area contributed by atoms with E-state index in [1.54, 1.807) is 48.5 Å². The number of carbonyl (C=O) groups is 2. The normalized spacial score (nSPS) is 19.1. The molecule has 0 aromatic heterocycles. The lowest BCUT2D eigenvalue weighted by molar-refractivity contribution is -0.122. The molecule has 2 amide bonds. The van der Waals surface area contributed by atoms with Crippen molar-refractivity contribution in [1.82, 2.24) is 5.32 Å². The molecule has 0 saturated carbocycles.